The lowest BCUT2D eigenvalue weighted by Crippen LogP contribution is -2.17. The van der Waals surface area contributed by atoms with Gasteiger partial charge in [-0.2, -0.15) is 0 Å². The fraction of sp³-hybridized carbons (Fsp3) is 0.571. The Morgan fingerprint density at radius 2 is 1.67 bits per heavy atom. The second kappa shape index (κ2) is 4.69. The zero-order chi connectivity index (χ0) is 13.3. The first-order chi connectivity index (χ1) is 8.62. The van der Waals surface area contributed by atoms with E-state index in [0.717, 1.165) is 12.0 Å². The molecule has 2 atom stereocenters. The van der Waals surface area contributed by atoms with Gasteiger partial charge < -0.3 is 19.3 Å². The Morgan fingerprint density at radius 3 is 1.94 bits per heavy atom. The molecule has 1 aromatic carbocycles. The van der Waals surface area contributed by atoms with Crippen molar-refractivity contribution in [2.75, 3.05) is 27.9 Å². The van der Waals surface area contributed by atoms with Gasteiger partial charge in [-0.15, -0.1) is 0 Å². The van der Waals surface area contributed by atoms with Crippen molar-refractivity contribution in [3.8, 4) is 17.2 Å². The smallest absolute Gasteiger partial charge is 0.130 e. The van der Waals surface area contributed by atoms with E-state index >= 15 is 0 Å². The van der Waals surface area contributed by atoms with Crippen LogP contribution in [0.5, 0.6) is 17.2 Å². The third-order valence-electron chi connectivity index (χ3n) is 3.95. The van der Waals surface area contributed by atoms with Gasteiger partial charge >= 0.3 is 0 Å². The highest BCUT2D eigenvalue weighted by Gasteiger charge is 2.55. The summed E-state index contributed by atoms with van der Waals surface area (Å²) in [5, 5.41) is 9.70. The Hall–Kier alpha value is -1.42. The number of aliphatic hydroxyl groups excluding tert-OH is 1. The van der Waals surface area contributed by atoms with Gasteiger partial charge in [-0.05, 0) is 12.3 Å². The van der Waals surface area contributed by atoms with Crippen LogP contribution in [0.2, 0.25) is 0 Å². The first-order valence-electron chi connectivity index (χ1n) is 6.04. The van der Waals surface area contributed by atoms with Gasteiger partial charge in [-0.3, -0.25) is 0 Å². The zero-order valence-corrected chi connectivity index (χ0v) is 11.3. The molecule has 1 saturated carbocycles. The molecule has 1 fully saturated rings. The number of aliphatic hydroxyl groups is 1. The first-order valence-corrected chi connectivity index (χ1v) is 6.04. The van der Waals surface area contributed by atoms with E-state index in [2.05, 4.69) is 6.92 Å². The van der Waals surface area contributed by atoms with Crippen LogP contribution in [-0.4, -0.2) is 33.0 Å². The lowest BCUT2D eigenvalue weighted by molar-refractivity contribution is 0.239. The predicted octanol–water partition coefficient (Wildman–Crippen LogP) is 1.98. The van der Waals surface area contributed by atoms with Crippen molar-refractivity contribution in [2.24, 2.45) is 5.92 Å². The third-order valence-corrected chi connectivity index (χ3v) is 3.95. The van der Waals surface area contributed by atoms with Crippen molar-refractivity contribution in [1.82, 2.24) is 0 Å². The Morgan fingerprint density at radius 1 is 1.17 bits per heavy atom. The van der Waals surface area contributed by atoms with Crippen LogP contribution in [0.15, 0.2) is 12.1 Å². The maximum absolute atomic E-state index is 9.70. The summed E-state index contributed by atoms with van der Waals surface area (Å²) < 4.78 is 16.1. The van der Waals surface area contributed by atoms with Crippen LogP contribution < -0.4 is 14.2 Å². The lowest BCUT2D eigenvalue weighted by Gasteiger charge is -2.21. The number of ether oxygens (including phenoxy) is 3. The molecule has 0 radical (unpaired) electrons. The Labute approximate surface area is 107 Å². The normalized spacial score (nSPS) is 25.7. The first kappa shape index (κ1) is 13.0. The van der Waals surface area contributed by atoms with Gasteiger partial charge in [-0.1, -0.05) is 6.92 Å². The molecule has 0 bridgehead atoms. The van der Waals surface area contributed by atoms with E-state index in [-0.39, 0.29) is 12.0 Å². The summed E-state index contributed by atoms with van der Waals surface area (Å²) in [6, 6.07) is 3.67. The van der Waals surface area contributed by atoms with Gasteiger partial charge in [0.2, 0.25) is 0 Å². The van der Waals surface area contributed by atoms with Crippen molar-refractivity contribution in [2.45, 2.75) is 18.8 Å². The van der Waals surface area contributed by atoms with Crippen LogP contribution in [0.1, 0.15) is 18.9 Å². The number of hydrogen-bond donors (Lipinski definition) is 1. The minimum Gasteiger partial charge on any atom is -0.496 e. The zero-order valence-electron chi connectivity index (χ0n) is 11.3. The number of benzene rings is 1. The van der Waals surface area contributed by atoms with Crippen LogP contribution in [0.3, 0.4) is 0 Å². The van der Waals surface area contributed by atoms with Gasteiger partial charge in [0.15, 0.2) is 0 Å². The summed E-state index contributed by atoms with van der Waals surface area (Å²) in [7, 11) is 4.85. The highest BCUT2D eigenvalue weighted by Crippen LogP contribution is 2.59. The second-order valence-electron chi connectivity index (χ2n) is 4.83. The van der Waals surface area contributed by atoms with E-state index in [0.29, 0.717) is 23.2 Å². The summed E-state index contributed by atoms with van der Waals surface area (Å²) in [6.45, 7) is 2.23. The van der Waals surface area contributed by atoms with Crippen molar-refractivity contribution in [3.63, 3.8) is 0 Å². The Kier molecular flexibility index (Phi) is 3.39. The molecule has 1 N–H and O–H groups in total. The molecule has 0 spiro atoms. The van der Waals surface area contributed by atoms with Crippen LogP contribution in [0, 0.1) is 5.92 Å². The minimum atomic E-state index is -0.233. The quantitative estimate of drug-likeness (QED) is 0.870. The molecule has 2 rings (SSSR count). The molecular weight excluding hydrogens is 232 g/mol. The molecule has 1 aliphatic carbocycles. The van der Waals surface area contributed by atoms with E-state index in [9.17, 15) is 5.11 Å². The van der Waals surface area contributed by atoms with Crippen molar-refractivity contribution < 1.29 is 19.3 Å². The molecule has 4 heteroatoms. The molecule has 1 aromatic rings. The largest absolute Gasteiger partial charge is 0.496 e. The van der Waals surface area contributed by atoms with E-state index in [4.69, 9.17) is 14.2 Å². The molecule has 0 aliphatic heterocycles. The van der Waals surface area contributed by atoms with Crippen LogP contribution in [-0.2, 0) is 5.41 Å². The number of methoxy groups -OCH3 is 3. The molecule has 0 heterocycles. The molecule has 2 unspecified atom stereocenters. The van der Waals surface area contributed by atoms with Gasteiger partial charge in [0.25, 0.3) is 0 Å². The summed E-state index contributed by atoms with van der Waals surface area (Å²) in [5.41, 5.74) is 0.714. The Balaban J connectivity index is 2.57. The standard InChI is InChI=1S/C14H20O4/c1-9-7-14(9,8-15)13-11(17-3)5-10(16-2)6-12(13)18-4/h5-6,9,15H,7-8H2,1-4H3. The number of rotatable bonds is 5. The molecule has 100 valence electrons. The van der Waals surface area contributed by atoms with E-state index in [1.807, 2.05) is 12.1 Å². The highest BCUT2D eigenvalue weighted by molar-refractivity contribution is 5.57. The van der Waals surface area contributed by atoms with Crippen LogP contribution in [0.25, 0.3) is 0 Å². The molecule has 1 aliphatic rings. The maximum atomic E-state index is 9.70. The Bertz CT molecular complexity index is 414. The molecule has 4 nitrogen and oxygen atoms in total. The fourth-order valence-corrected chi connectivity index (χ4v) is 2.63. The average Bonchev–Trinajstić information content (AvgIpc) is 3.08. The summed E-state index contributed by atoms with van der Waals surface area (Å²) >= 11 is 0. The SMILES string of the molecule is COc1cc(OC)c(C2(CO)CC2C)c(OC)c1. The van der Waals surface area contributed by atoms with Gasteiger partial charge in [-0.25, -0.2) is 0 Å². The topological polar surface area (TPSA) is 47.9 Å². The summed E-state index contributed by atoms with van der Waals surface area (Å²) in [4.78, 5) is 0. The monoisotopic (exact) mass is 252 g/mol. The molecule has 0 aromatic heterocycles. The van der Waals surface area contributed by atoms with Crippen molar-refractivity contribution in [1.29, 1.82) is 0 Å². The van der Waals surface area contributed by atoms with Crippen molar-refractivity contribution in [3.05, 3.63) is 17.7 Å². The molecule has 0 amide bonds. The minimum absolute atomic E-state index is 0.104. The van der Waals surface area contributed by atoms with Gasteiger partial charge in [0.05, 0.1) is 27.9 Å². The number of hydrogen-bond acceptors (Lipinski definition) is 4. The second-order valence-corrected chi connectivity index (χ2v) is 4.83. The van der Waals surface area contributed by atoms with E-state index in [1.165, 1.54) is 0 Å². The summed E-state index contributed by atoms with van der Waals surface area (Å²) in [5.74, 6) is 2.54. The highest BCUT2D eigenvalue weighted by atomic mass is 16.5. The molecule has 18 heavy (non-hydrogen) atoms. The van der Waals surface area contributed by atoms with Crippen LogP contribution in [0.4, 0.5) is 0 Å². The predicted molar refractivity (Wildman–Crippen MR) is 68.6 cm³/mol. The fourth-order valence-electron chi connectivity index (χ4n) is 2.63. The van der Waals surface area contributed by atoms with Gasteiger partial charge in [0.1, 0.15) is 17.2 Å². The van der Waals surface area contributed by atoms with Crippen molar-refractivity contribution >= 4 is 0 Å². The summed E-state index contributed by atoms with van der Waals surface area (Å²) in [6.07, 6.45) is 0.947. The average molecular weight is 252 g/mol. The van der Waals surface area contributed by atoms with Crippen LogP contribution >= 0.6 is 0 Å². The third kappa shape index (κ3) is 1.81. The lowest BCUT2D eigenvalue weighted by atomic mass is 9.92. The van der Waals surface area contributed by atoms with Gasteiger partial charge in [0, 0.05) is 23.1 Å². The molecule has 0 saturated heterocycles. The maximum Gasteiger partial charge on any atom is 0.130 e. The van der Waals surface area contributed by atoms with E-state index in [1.54, 1.807) is 21.3 Å². The molecular formula is C14H20O4. The van der Waals surface area contributed by atoms with E-state index < -0.39 is 0 Å².